The lowest BCUT2D eigenvalue weighted by Crippen LogP contribution is -2.31. The molecule has 1 N–H and O–H groups in total. The van der Waals surface area contributed by atoms with Crippen LogP contribution in [0.3, 0.4) is 0 Å². The molecule has 0 spiro atoms. The lowest BCUT2D eigenvalue weighted by atomic mass is 10.2. The monoisotopic (exact) mass is 342 g/mol. The van der Waals surface area contributed by atoms with Crippen molar-refractivity contribution >= 4 is 22.9 Å². The SMILES string of the molecule is O=C(NCC(c1cccs1)n1cccn1)c1ccc([N+](=O)[O-])cc1. The van der Waals surface area contributed by atoms with Crippen LogP contribution in [0.5, 0.6) is 0 Å². The highest BCUT2D eigenvalue weighted by Crippen LogP contribution is 2.22. The molecule has 1 unspecified atom stereocenters. The number of nitro groups is 1. The fourth-order valence-corrected chi connectivity index (χ4v) is 3.12. The van der Waals surface area contributed by atoms with Crippen LogP contribution >= 0.6 is 11.3 Å². The average Bonchev–Trinajstić information content (AvgIpc) is 3.29. The summed E-state index contributed by atoms with van der Waals surface area (Å²) < 4.78 is 1.79. The molecule has 3 rings (SSSR count). The van der Waals surface area contributed by atoms with Crippen molar-refractivity contribution in [2.24, 2.45) is 0 Å². The zero-order chi connectivity index (χ0) is 16.9. The first kappa shape index (κ1) is 15.9. The van der Waals surface area contributed by atoms with Gasteiger partial charge in [0.25, 0.3) is 11.6 Å². The first-order chi connectivity index (χ1) is 11.6. The number of aromatic nitrogens is 2. The minimum atomic E-state index is -0.494. The number of carbonyl (C=O) groups excluding carboxylic acids is 1. The molecule has 24 heavy (non-hydrogen) atoms. The van der Waals surface area contributed by atoms with E-state index in [4.69, 9.17) is 0 Å². The molecule has 1 aromatic carbocycles. The molecule has 0 saturated heterocycles. The van der Waals surface area contributed by atoms with Crippen LogP contribution in [0.2, 0.25) is 0 Å². The standard InChI is InChI=1S/C16H14N4O3S/c21-16(12-4-6-13(7-5-12)20(22)23)17-11-14(15-3-1-10-24-15)19-9-2-8-18-19/h1-10,14H,11H2,(H,17,21). The molecule has 0 fully saturated rings. The summed E-state index contributed by atoms with van der Waals surface area (Å²) in [6, 6.07) is 11.2. The molecule has 7 nitrogen and oxygen atoms in total. The number of rotatable bonds is 6. The normalized spacial score (nSPS) is 11.8. The quantitative estimate of drug-likeness (QED) is 0.551. The number of amides is 1. The number of nitro benzene ring substituents is 1. The van der Waals surface area contributed by atoms with Crippen LogP contribution in [0.25, 0.3) is 0 Å². The number of non-ortho nitro benzene ring substituents is 1. The van der Waals surface area contributed by atoms with Crippen molar-refractivity contribution < 1.29 is 9.72 Å². The van der Waals surface area contributed by atoms with Gasteiger partial charge in [-0.05, 0) is 29.6 Å². The van der Waals surface area contributed by atoms with Gasteiger partial charge in [-0.25, -0.2) is 0 Å². The predicted molar refractivity (Wildman–Crippen MR) is 90.1 cm³/mol. The van der Waals surface area contributed by atoms with Gasteiger partial charge in [-0.3, -0.25) is 19.6 Å². The molecule has 0 aliphatic carbocycles. The van der Waals surface area contributed by atoms with E-state index in [0.717, 1.165) is 4.88 Å². The molecule has 122 valence electrons. The van der Waals surface area contributed by atoms with Crippen molar-refractivity contribution in [3.05, 3.63) is 80.8 Å². The molecular weight excluding hydrogens is 328 g/mol. The molecule has 3 aromatic rings. The number of carbonyl (C=O) groups is 1. The van der Waals surface area contributed by atoms with Crippen LogP contribution in [0.4, 0.5) is 5.69 Å². The fraction of sp³-hybridized carbons (Fsp3) is 0.125. The maximum atomic E-state index is 12.3. The Morgan fingerprint density at radius 3 is 2.67 bits per heavy atom. The van der Waals surface area contributed by atoms with Crippen LogP contribution in [-0.2, 0) is 0 Å². The number of nitrogens with one attached hydrogen (secondary N) is 1. The molecule has 2 heterocycles. The average molecular weight is 342 g/mol. The summed E-state index contributed by atoms with van der Waals surface area (Å²) in [4.78, 5) is 23.5. The Morgan fingerprint density at radius 1 is 1.29 bits per heavy atom. The third kappa shape index (κ3) is 3.49. The van der Waals surface area contributed by atoms with Crippen LogP contribution < -0.4 is 5.32 Å². The Hall–Kier alpha value is -3.00. The van der Waals surface area contributed by atoms with E-state index in [0.29, 0.717) is 12.1 Å². The van der Waals surface area contributed by atoms with Gasteiger partial charge in [0.1, 0.15) is 6.04 Å². The zero-order valence-corrected chi connectivity index (χ0v) is 13.3. The molecule has 0 aliphatic heterocycles. The minimum absolute atomic E-state index is 0.0421. The summed E-state index contributed by atoms with van der Waals surface area (Å²) >= 11 is 1.59. The molecule has 8 heteroatoms. The van der Waals surface area contributed by atoms with Gasteiger partial charge in [-0.1, -0.05) is 6.07 Å². The van der Waals surface area contributed by atoms with Crippen molar-refractivity contribution in [2.45, 2.75) is 6.04 Å². The Bertz CT molecular complexity index is 779. The van der Waals surface area contributed by atoms with Crippen LogP contribution in [0.1, 0.15) is 21.3 Å². The van der Waals surface area contributed by atoms with Crippen LogP contribution in [0, 0.1) is 10.1 Å². The summed E-state index contributed by atoms with van der Waals surface area (Å²) in [5.41, 5.74) is 0.338. The Labute approximate surface area is 141 Å². The van der Waals surface area contributed by atoms with E-state index in [1.807, 2.05) is 29.8 Å². The Morgan fingerprint density at radius 2 is 2.08 bits per heavy atom. The van der Waals surface area contributed by atoms with E-state index >= 15 is 0 Å². The second-order valence-electron chi connectivity index (χ2n) is 5.03. The van der Waals surface area contributed by atoms with Gasteiger partial charge in [0.2, 0.25) is 0 Å². The second kappa shape index (κ2) is 7.05. The van der Waals surface area contributed by atoms with Gasteiger partial charge in [0.15, 0.2) is 0 Å². The fourth-order valence-electron chi connectivity index (χ4n) is 2.30. The molecule has 1 amide bonds. The van der Waals surface area contributed by atoms with Gasteiger partial charge in [0.05, 0.1) is 4.92 Å². The minimum Gasteiger partial charge on any atom is -0.350 e. The maximum Gasteiger partial charge on any atom is 0.269 e. The third-order valence-electron chi connectivity index (χ3n) is 3.51. The largest absolute Gasteiger partial charge is 0.350 e. The molecule has 1 atom stereocenters. The molecule has 2 aromatic heterocycles. The Kier molecular flexibility index (Phi) is 4.66. The van der Waals surface area contributed by atoms with Crippen molar-refractivity contribution in [3.8, 4) is 0 Å². The van der Waals surface area contributed by atoms with Gasteiger partial charge in [-0.15, -0.1) is 11.3 Å². The highest BCUT2D eigenvalue weighted by molar-refractivity contribution is 7.10. The van der Waals surface area contributed by atoms with Crippen molar-refractivity contribution in [3.63, 3.8) is 0 Å². The summed E-state index contributed by atoms with van der Waals surface area (Å²) in [5.74, 6) is -0.279. The number of nitrogens with zero attached hydrogens (tertiary/aromatic N) is 3. The van der Waals surface area contributed by atoms with Crippen LogP contribution in [-0.4, -0.2) is 27.2 Å². The summed E-state index contributed by atoms with van der Waals surface area (Å²) in [6.07, 6.45) is 3.54. The van der Waals surface area contributed by atoms with Gasteiger partial charge in [0, 0.05) is 41.5 Å². The molecule has 0 radical (unpaired) electrons. The molecule has 0 saturated carbocycles. The van der Waals surface area contributed by atoms with E-state index in [1.165, 1.54) is 24.3 Å². The first-order valence-corrected chi connectivity index (χ1v) is 8.08. The summed E-state index contributed by atoms with van der Waals surface area (Å²) in [7, 11) is 0. The first-order valence-electron chi connectivity index (χ1n) is 7.20. The zero-order valence-electron chi connectivity index (χ0n) is 12.5. The van der Waals surface area contributed by atoms with E-state index < -0.39 is 4.92 Å². The molecular formula is C16H14N4O3S. The third-order valence-corrected chi connectivity index (χ3v) is 4.49. The number of hydrogen-bond donors (Lipinski definition) is 1. The molecule has 0 aliphatic rings. The van der Waals surface area contributed by atoms with Crippen LogP contribution in [0.15, 0.2) is 60.2 Å². The highest BCUT2D eigenvalue weighted by Gasteiger charge is 2.17. The summed E-state index contributed by atoms with van der Waals surface area (Å²) in [5, 5.41) is 19.7. The highest BCUT2D eigenvalue weighted by atomic mass is 32.1. The Balaban J connectivity index is 1.70. The van der Waals surface area contributed by atoms with Crippen molar-refractivity contribution in [2.75, 3.05) is 6.54 Å². The van der Waals surface area contributed by atoms with E-state index in [-0.39, 0.29) is 17.6 Å². The number of benzene rings is 1. The lowest BCUT2D eigenvalue weighted by Gasteiger charge is -2.17. The second-order valence-corrected chi connectivity index (χ2v) is 6.01. The smallest absolute Gasteiger partial charge is 0.269 e. The maximum absolute atomic E-state index is 12.3. The van der Waals surface area contributed by atoms with Gasteiger partial charge < -0.3 is 5.32 Å². The van der Waals surface area contributed by atoms with Crippen molar-refractivity contribution in [1.82, 2.24) is 15.1 Å². The van der Waals surface area contributed by atoms with E-state index in [1.54, 1.807) is 22.2 Å². The van der Waals surface area contributed by atoms with Crippen molar-refractivity contribution in [1.29, 1.82) is 0 Å². The predicted octanol–water partition coefficient (Wildman–Crippen LogP) is 2.87. The topological polar surface area (TPSA) is 90.1 Å². The molecule has 0 bridgehead atoms. The van der Waals surface area contributed by atoms with E-state index in [2.05, 4.69) is 10.4 Å². The summed E-state index contributed by atoms with van der Waals surface area (Å²) in [6.45, 7) is 0.373. The van der Waals surface area contributed by atoms with Gasteiger partial charge in [-0.2, -0.15) is 5.10 Å². The van der Waals surface area contributed by atoms with E-state index in [9.17, 15) is 14.9 Å². The van der Waals surface area contributed by atoms with Gasteiger partial charge >= 0.3 is 0 Å². The lowest BCUT2D eigenvalue weighted by molar-refractivity contribution is -0.384. The number of hydrogen-bond acceptors (Lipinski definition) is 5. The number of thiophene rings is 1.